The zero-order chi connectivity index (χ0) is 20.1. The number of methoxy groups -OCH3 is 1. The van der Waals surface area contributed by atoms with Gasteiger partial charge in [0.2, 0.25) is 5.88 Å². The number of carbonyl (C=O) groups excluding carboxylic acids is 1. The Morgan fingerprint density at radius 1 is 0.966 bits per heavy atom. The van der Waals surface area contributed by atoms with E-state index >= 15 is 0 Å². The lowest BCUT2D eigenvalue weighted by atomic mass is 9.93. The molecule has 1 fully saturated rings. The lowest BCUT2D eigenvalue weighted by Gasteiger charge is -2.31. The van der Waals surface area contributed by atoms with Crippen LogP contribution in [0.25, 0.3) is 0 Å². The summed E-state index contributed by atoms with van der Waals surface area (Å²) in [5.41, 5.74) is 1.18. The van der Waals surface area contributed by atoms with Crippen molar-refractivity contribution < 1.29 is 14.3 Å². The van der Waals surface area contributed by atoms with E-state index in [9.17, 15) is 4.79 Å². The van der Waals surface area contributed by atoms with Crippen molar-refractivity contribution in [3.8, 4) is 17.4 Å². The summed E-state index contributed by atoms with van der Waals surface area (Å²) < 4.78 is 11.2. The number of likely N-dealkylation sites (tertiary alicyclic amines) is 1. The maximum atomic E-state index is 12.6. The second kappa shape index (κ2) is 8.64. The fourth-order valence-electron chi connectivity index (χ4n) is 3.38. The second-order valence-corrected chi connectivity index (χ2v) is 6.68. The minimum absolute atomic E-state index is 0.0922. The topological polar surface area (TPSA) is 90.3 Å². The average molecular weight is 391 g/mol. The summed E-state index contributed by atoms with van der Waals surface area (Å²) in [6, 6.07) is 7.34. The molecule has 0 unspecified atom stereocenters. The molecule has 3 heterocycles. The van der Waals surface area contributed by atoms with Crippen molar-refractivity contribution in [1.29, 1.82) is 0 Å². The molecule has 1 aliphatic heterocycles. The van der Waals surface area contributed by atoms with Crippen LogP contribution in [0.1, 0.15) is 34.9 Å². The molecule has 0 N–H and O–H groups in total. The molecule has 148 valence electrons. The summed E-state index contributed by atoms with van der Waals surface area (Å²) in [7, 11) is 1.62. The number of hydrogen-bond acceptors (Lipinski definition) is 7. The fraction of sp³-hybridized carbons (Fsp3) is 0.286. The number of aromatic nitrogens is 4. The molecule has 0 spiro atoms. The minimum Gasteiger partial charge on any atom is -0.497 e. The van der Waals surface area contributed by atoms with Gasteiger partial charge in [-0.1, -0.05) is 0 Å². The van der Waals surface area contributed by atoms with E-state index in [0.29, 0.717) is 30.4 Å². The molecule has 3 aromatic rings. The first-order valence-electron chi connectivity index (χ1n) is 9.42. The number of benzene rings is 1. The Morgan fingerprint density at radius 3 is 2.34 bits per heavy atom. The monoisotopic (exact) mass is 391 g/mol. The van der Waals surface area contributed by atoms with Crippen LogP contribution in [0.5, 0.6) is 17.4 Å². The van der Waals surface area contributed by atoms with Gasteiger partial charge in [0.15, 0.2) is 0 Å². The van der Waals surface area contributed by atoms with Crippen LogP contribution in [0.3, 0.4) is 0 Å². The van der Waals surface area contributed by atoms with Crippen LogP contribution >= 0.6 is 0 Å². The Morgan fingerprint density at radius 2 is 1.66 bits per heavy atom. The third-order valence-corrected chi connectivity index (χ3v) is 4.92. The number of piperidine rings is 1. The van der Waals surface area contributed by atoms with E-state index < -0.39 is 0 Å². The zero-order valence-electron chi connectivity index (χ0n) is 16.1. The molecule has 8 heteroatoms. The van der Waals surface area contributed by atoms with Gasteiger partial charge in [-0.3, -0.25) is 14.8 Å². The zero-order valence-corrected chi connectivity index (χ0v) is 16.1. The van der Waals surface area contributed by atoms with Crippen LogP contribution < -0.4 is 9.47 Å². The molecule has 2 aromatic heterocycles. The maximum Gasteiger partial charge on any atom is 0.274 e. The predicted octanol–water partition coefficient (Wildman–Crippen LogP) is 3.09. The van der Waals surface area contributed by atoms with Crippen LogP contribution in [0.2, 0.25) is 0 Å². The van der Waals surface area contributed by atoms with Gasteiger partial charge in [-0.2, -0.15) is 0 Å². The molecular weight excluding hydrogens is 370 g/mol. The summed E-state index contributed by atoms with van der Waals surface area (Å²) in [4.78, 5) is 31.3. The Kier molecular flexibility index (Phi) is 5.60. The molecule has 0 saturated carbocycles. The van der Waals surface area contributed by atoms with Crippen LogP contribution in [0.15, 0.2) is 55.2 Å². The Balaban J connectivity index is 1.44. The lowest BCUT2D eigenvalue weighted by molar-refractivity contribution is 0.0705. The molecule has 1 saturated heterocycles. The van der Waals surface area contributed by atoms with E-state index in [1.54, 1.807) is 30.6 Å². The number of nitrogens with zero attached hydrogens (tertiary/aromatic N) is 5. The van der Waals surface area contributed by atoms with Crippen molar-refractivity contribution in [2.45, 2.75) is 18.8 Å². The molecule has 0 aliphatic carbocycles. The maximum absolute atomic E-state index is 12.6. The Labute approximate surface area is 168 Å². The van der Waals surface area contributed by atoms with Gasteiger partial charge in [0.25, 0.3) is 5.91 Å². The van der Waals surface area contributed by atoms with Crippen LogP contribution in [-0.2, 0) is 0 Å². The SMILES string of the molecule is COc1ccc(Oc2nccnc2C2CCN(C(=O)c3cnccn3)CC2)cc1. The first kappa shape index (κ1) is 18.8. The molecule has 1 aromatic carbocycles. The van der Waals surface area contributed by atoms with Crippen LogP contribution in [0, 0.1) is 0 Å². The molecule has 0 atom stereocenters. The van der Waals surface area contributed by atoms with Crippen molar-refractivity contribution in [1.82, 2.24) is 24.8 Å². The highest BCUT2D eigenvalue weighted by molar-refractivity contribution is 5.92. The summed E-state index contributed by atoms with van der Waals surface area (Å²) in [5.74, 6) is 2.00. The largest absolute Gasteiger partial charge is 0.497 e. The average Bonchev–Trinajstić information content (AvgIpc) is 2.80. The Bertz CT molecular complexity index is 958. The van der Waals surface area contributed by atoms with Crippen molar-refractivity contribution in [3.63, 3.8) is 0 Å². The summed E-state index contributed by atoms with van der Waals surface area (Å²) in [5, 5.41) is 0. The second-order valence-electron chi connectivity index (χ2n) is 6.68. The van der Waals surface area contributed by atoms with Gasteiger partial charge in [0, 0.05) is 43.8 Å². The highest BCUT2D eigenvalue weighted by atomic mass is 16.5. The molecule has 8 nitrogen and oxygen atoms in total. The van der Waals surface area contributed by atoms with Gasteiger partial charge >= 0.3 is 0 Å². The molecule has 29 heavy (non-hydrogen) atoms. The number of ether oxygens (including phenoxy) is 2. The highest BCUT2D eigenvalue weighted by Gasteiger charge is 2.28. The highest BCUT2D eigenvalue weighted by Crippen LogP contribution is 2.34. The van der Waals surface area contributed by atoms with Crippen molar-refractivity contribution in [2.75, 3.05) is 20.2 Å². The summed E-state index contributed by atoms with van der Waals surface area (Å²) >= 11 is 0. The van der Waals surface area contributed by atoms with Crippen molar-refractivity contribution in [2.24, 2.45) is 0 Å². The van der Waals surface area contributed by atoms with E-state index in [2.05, 4.69) is 19.9 Å². The van der Waals surface area contributed by atoms with Gasteiger partial charge in [-0.15, -0.1) is 0 Å². The number of hydrogen-bond donors (Lipinski definition) is 0. The van der Waals surface area contributed by atoms with Gasteiger partial charge in [0.05, 0.1) is 13.3 Å². The fourth-order valence-corrected chi connectivity index (χ4v) is 3.38. The normalized spacial score (nSPS) is 14.4. The molecule has 1 amide bonds. The summed E-state index contributed by atoms with van der Waals surface area (Å²) in [6.07, 6.45) is 9.44. The number of rotatable bonds is 5. The first-order chi connectivity index (χ1) is 14.2. The van der Waals surface area contributed by atoms with E-state index in [0.717, 1.165) is 24.3 Å². The van der Waals surface area contributed by atoms with E-state index in [1.165, 1.54) is 12.4 Å². The van der Waals surface area contributed by atoms with Gasteiger partial charge < -0.3 is 14.4 Å². The van der Waals surface area contributed by atoms with Crippen LogP contribution in [0.4, 0.5) is 0 Å². The van der Waals surface area contributed by atoms with Gasteiger partial charge in [-0.05, 0) is 37.1 Å². The number of carbonyl (C=O) groups is 1. The Hall–Kier alpha value is -3.55. The van der Waals surface area contributed by atoms with Gasteiger partial charge in [0.1, 0.15) is 22.9 Å². The van der Waals surface area contributed by atoms with Gasteiger partial charge in [-0.25, -0.2) is 9.97 Å². The third kappa shape index (κ3) is 4.31. The smallest absolute Gasteiger partial charge is 0.274 e. The molecule has 0 radical (unpaired) electrons. The quantitative estimate of drug-likeness (QED) is 0.660. The van der Waals surface area contributed by atoms with E-state index in [1.807, 2.05) is 24.3 Å². The molecule has 4 rings (SSSR count). The first-order valence-corrected chi connectivity index (χ1v) is 9.42. The van der Waals surface area contributed by atoms with E-state index in [4.69, 9.17) is 9.47 Å². The summed E-state index contributed by atoms with van der Waals surface area (Å²) in [6.45, 7) is 1.25. The minimum atomic E-state index is -0.0922. The predicted molar refractivity (Wildman–Crippen MR) is 105 cm³/mol. The number of amides is 1. The lowest BCUT2D eigenvalue weighted by Crippen LogP contribution is -2.38. The van der Waals surface area contributed by atoms with Crippen LogP contribution in [-0.4, -0.2) is 50.9 Å². The van der Waals surface area contributed by atoms with E-state index in [-0.39, 0.29) is 11.8 Å². The van der Waals surface area contributed by atoms with Crippen molar-refractivity contribution in [3.05, 3.63) is 66.6 Å². The molecular formula is C21H21N5O3. The standard InChI is InChI=1S/C21H21N5O3/c1-28-16-2-4-17(5-3-16)29-20-19(24-10-11-25-20)15-6-12-26(13-7-15)21(27)18-14-22-8-9-23-18/h2-5,8-11,14-15H,6-7,12-13H2,1H3. The van der Waals surface area contributed by atoms with Crippen molar-refractivity contribution >= 4 is 5.91 Å². The third-order valence-electron chi connectivity index (χ3n) is 4.92. The molecule has 1 aliphatic rings. The molecule has 0 bridgehead atoms.